The van der Waals surface area contributed by atoms with Gasteiger partial charge in [-0.25, -0.2) is 0 Å². The van der Waals surface area contributed by atoms with Crippen LogP contribution in [0.2, 0.25) is 0 Å². The number of thiophene rings is 2. The molecule has 49 heavy (non-hydrogen) atoms. The molecule has 5 heteroatoms. The number of aromatic amines is 1. The molecule has 0 spiro atoms. The van der Waals surface area contributed by atoms with Gasteiger partial charge in [0.2, 0.25) is 7.28 Å². The van der Waals surface area contributed by atoms with Crippen molar-refractivity contribution in [2.45, 2.75) is 65.2 Å². The Hall–Kier alpha value is -4.32. The molecule has 1 radical (unpaired) electrons. The summed E-state index contributed by atoms with van der Waals surface area (Å²) in [6, 6.07) is 34.5. The molecule has 0 bridgehead atoms. The van der Waals surface area contributed by atoms with Gasteiger partial charge in [0.05, 0.1) is 21.4 Å². The van der Waals surface area contributed by atoms with E-state index in [0.717, 1.165) is 0 Å². The topological polar surface area (TPSA) is 19.0 Å². The fourth-order valence-electron chi connectivity index (χ4n) is 8.76. The summed E-state index contributed by atoms with van der Waals surface area (Å²) < 4.78 is 5.32. The lowest BCUT2D eigenvalue weighted by molar-refractivity contribution is 0.332. The molecule has 2 aliphatic rings. The molecular weight excluding hydrogens is 631 g/mol. The van der Waals surface area contributed by atoms with Gasteiger partial charge in [0.15, 0.2) is 0 Å². The maximum atomic E-state index is 3.92. The van der Waals surface area contributed by atoms with Crippen LogP contribution in [0.3, 0.4) is 0 Å². The molecule has 1 aliphatic heterocycles. The van der Waals surface area contributed by atoms with Crippen molar-refractivity contribution in [3.05, 3.63) is 113 Å². The van der Waals surface area contributed by atoms with E-state index in [1.54, 1.807) is 0 Å². The van der Waals surface area contributed by atoms with Gasteiger partial charge in [-0.15, -0.1) is 22.7 Å². The standard InChI is InChI=1S/C44H38BN2S2/c1-24-20-30(26-14-11-15-29-38(26)46-39-27-12-7-9-16-35(27)48-41(29)39)37-34(21-24)47(40-28-13-8-10-17-36(28)49-42(40)45-37)33-23-32-31(22-25(33)2)43(3,4)18-19-44(32,5)6/h7-17,20-23,46H,18-19H2,1-6H3. The lowest BCUT2D eigenvalue weighted by Crippen LogP contribution is -2.40. The molecule has 0 atom stereocenters. The lowest BCUT2D eigenvalue weighted by Gasteiger charge is -2.43. The van der Waals surface area contributed by atoms with Crippen LogP contribution in [0, 0.1) is 13.8 Å². The molecule has 8 aromatic rings. The second kappa shape index (κ2) is 10.1. The predicted molar refractivity (Wildman–Crippen MR) is 216 cm³/mol. The number of rotatable bonds is 2. The number of benzene rings is 5. The molecular formula is C44H38BN2S2. The van der Waals surface area contributed by atoms with Crippen LogP contribution in [0.4, 0.5) is 17.1 Å². The molecule has 3 aromatic heterocycles. The highest BCUT2D eigenvalue weighted by molar-refractivity contribution is 7.29. The zero-order valence-electron chi connectivity index (χ0n) is 28.9. The molecule has 0 unspecified atom stereocenters. The van der Waals surface area contributed by atoms with Gasteiger partial charge in [-0.3, -0.25) is 0 Å². The Morgan fingerprint density at radius 3 is 2.10 bits per heavy atom. The van der Waals surface area contributed by atoms with Crippen LogP contribution in [0.1, 0.15) is 62.8 Å². The first-order valence-electron chi connectivity index (χ1n) is 17.5. The van der Waals surface area contributed by atoms with Gasteiger partial charge < -0.3 is 9.88 Å². The first-order chi connectivity index (χ1) is 23.6. The second-order valence-electron chi connectivity index (χ2n) is 15.6. The van der Waals surface area contributed by atoms with Crippen molar-refractivity contribution in [1.29, 1.82) is 0 Å². The van der Waals surface area contributed by atoms with E-state index in [1.165, 1.54) is 115 Å². The fourth-order valence-corrected chi connectivity index (χ4v) is 11.1. The normalized spacial score (nSPS) is 16.2. The van der Waals surface area contributed by atoms with E-state index in [-0.39, 0.29) is 10.8 Å². The Balaban J connectivity index is 1.26. The van der Waals surface area contributed by atoms with Gasteiger partial charge in [0.25, 0.3) is 0 Å². The third-order valence-corrected chi connectivity index (χ3v) is 13.8. The quantitative estimate of drug-likeness (QED) is 0.182. The number of aryl methyl sites for hydroxylation is 2. The van der Waals surface area contributed by atoms with Gasteiger partial charge in [0, 0.05) is 42.5 Å². The summed E-state index contributed by atoms with van der Waals surface area (Å²) in [6.45, 7) is 14.3. The van der Waals surface area contributed by atoms with Gasteiger partial charge in [0.1, 0.15) is 0 Å². The summed E-state index contributed by atoms with van der Waals surface area (Å²) in [5.41, 5.74) is 16.1. The highest BCUT2D eigenvalue weighted by atomic mass is 32.1. The minimum Gasteiger partial charge on any atom is -0.353 e. The summed E-state index contributed by atoms with van der Waals surface area (Å²) in [6.07, 6.45) is 2.41. The number of hydrogen-bond acceptors (Lipinski definition) is 3. The monoisotopic (exact) mass is 669 g/mol. The number of aromatic nitrogens is 1. The van der Waals surface area contributed by atoms with E-state index in [1.807, 2.05) is 22.7 Å². The Labute approximate surface area is 296 Å². The Kier molecular flexibility index (Phi) is 6.11. The summed E-state index contributed by atoms with van der Waals surface area (Å²) in [7, 11) is 2.47. The average Bonchev–Trinajstić information content (AvgIpc) is 3.75. The summed E-state index contributed by atoms with van der Waals surface area (Å²) in [5, 5.41) is 3.93. The van der Waals surface area contributed by atoms with E-state index >= 15 is 0 Å². The van der Waals surface area contributed by atoms with Gasteiger partial charge in [-0.1, -0.05) is 94.4 Å². The van der Waals surface area contributed by atoms with E-state index in [2.05, 4.69) is 150 Å². The van der Waals surface area contributed by atoms with E-state index < -0.39 is 0 Å². The van der Waals surface area contributed by atoms with Crippen LogP contribution >= 0.6 is 22.7 Å². The average molecular weight is 670 g/mol. The Morgan fingerprint density at radius 1 is 0.653 bits per heavy atom. The highest BCUT2D eigenvalue weighted by Crippen LogP contribution is 2.51. The van der Waals surface area contributed by atoms with Crippen LogP contribution in [0.15, 0.2) is 91.0 Å². The fraction of sp³-hybridized carbons (Fsp3) is 0.227. The molecule has 0 saturated heterocycles. The van der Waals surface area contributed by atoms with Gasteiger partial charge in [-0.2, -0.15) is 0 Å². The number of para-hydroxylation sites is 1. The Morgan fingerprint density at radius 2 is 1.33 bits per heavy atom. The van der Waals surface area contributed by atoms with Crippen molar-refractivity contribution in [1.82, 2.24) is 4.98 Å². The lowest BCUT2D eigenvalue weighted by atomic mass is 9.61. The molecule has 0 saturated carbocycles. The minimum absolute atomic E-state index is 0.121. The number of fused-ring (bicyclic) bond motifs is 10. The molecule has 239 valence electrons. The molecule has 1 aliphatic carbocycles. The van der Waals surface area contributed by atoms with Gasteiger partial charge >= 0.3 is 0 Å². The first-order valence-corrected chi connectivity index (χ1v) is 19.1. The van der Waals surface area contributed by atoms with Crippen LogP contribution in [0.5, 0.6) is 0 Å². The summed E-state index contributed by atoms with van der Waals surface area (Å²) in [5.74, 6) is 0. The number of nitrogens with one attached hydrogen (secondary N) is 1. The summed E-state index contributed by atoms with van der Waals surface area (Å²) >= 11 is 3.80. The van der Waals surface area contributed by atoms with E-state index in [0.29, 0.717) is 0 Å². The zero-order chi connectivity index (χ0) is 33.4. The van der Waals surface area contributed by atoms with Crippen molar-refractivity contribution < 1.29 is 0 Å². The number of H-pyrrole nitrogens is 1. The van der Waals surface area contributed by atoms with Gasteiger partial charge in [-0.05, 0) is 99.8 Å². The molecule has 4 heterocycles. The molecule has 0 fully saturated rings. The van der Waals surface area contributed by atoms with Crippen LogP contribution in [-0.2, 0) is 10.8 Å². The minimum atomic E-state index is 0.121. The maximum Gasteiger partial charge on any atom is 0.211 e. The van der Waals surface area contributed by atoms with Crippen molar-refractivity contribution in [3.63, 3.8) is 0 Å². The SMILES string of the molecule is Cc1cc(-c2cccc3c2[nH]c2c4ccccc4sc32)c2c(c1)N(c1cc3c(cc1C)C(C)(C)CCC3(C)C)c1c(sc3ccccc13)[B]2. The number of hydrogen-bond donors (Lipinski definition) is 1. The molecule has 0 amide bonds. The van der Waals surface area contributed by atoms with Crippen LogP contribution < -0.4 is 15.1 Å². The first kappa shape index (κ1) is 29.6. The smallest absolute Gasteiger partial charge is 0.211 e. The predicted octanol–water partition coefficient (Wildman–Crippen LogP) is 11.8. The third kappa shape index (κ3) is 4.18. The second-order valence-corrected chi connectivity index (χ2v) is 17.8. The highest BCUT2D eigenvalue weighted by Gasteiger charge is 2.39. The molecule has 2 nitrogen and oxygen atoms in total. The van der Waals surface area contributed by atoms with Crippen molar-refractivity contribution in [3.8, 4) is 11.1 Å². The molecule has 5 aromatic carbocycles. The van der Waals surface area contributed by atoms with Crippen molar-refractivity contribution in [2.75, 3.05) is 4.90 Å². The van der Waals surface area contributed by atoms with E-state index in [9.17, 15) is 0 Å². The van der Waals surface area contributed by atoms with Crippen LogP contribution in [-0.4, -0.2) is 12.3 Å². The van der Waals surface area contributed by atoms with Crippen molar-refractivity contribution in [2.24, 2.45) is 0 Å². The summed E-state index contributed by atoms with van der Waals surface area (Å²) in [4.78, 5) is 6.54. The number of nitrogens with zero attached hydrogens (tertiary/aromatic N) is 1. The Bertz CT molecular complexity index is 2680. The number of anilines is 3. The van der Waals surface area contributed by atoms with Crippen LogP contribution in [0.25, 0.3) is 52.4 Å². The largest absolute Gasteiger partial charge is 0.353 e. The zero-order valence-corrected chi connectivity index (χ0v) is 30.5. The molecule has 10 rings (SSSR count). The third-order valence-electron chi connectivity index (χ3n) is 11.5. The van der Waals surface area contributed by atoms with E-state index in [4.69, 9.17) is 0 Å². The molecule has 1 N–H and O–H groups in total. The van der Waals surface area contributed by atoms with Crippen molar-refractivity contribution >= 4 is 98.5 Å². The maximum absolute atomic E-state index is 3.92.